The van der Waals surface area contributed by atoms with Crippen molar-refractivity contribution in [1.82, 2.24) is 19.8 Å². The second-order valence-corrected chi connectivity index (χ2v) is 7.18. The number of fused-ring (bicyclic) bond motifs is 1. The number of carbonyl (C=O) groups excluding carboxylic acids is 3. The van der Waals surface area contributed by atoms with Crippen molar-refractivity contribution in [3.8, 4) is 0 Å². The Morgan fingerprint density at radius 1 is 0.962 bits per heavy atom. The largest absolute Gasteiger partial charge is 0.338 e. The average Bonchev–Trinajstić information content (AvgIpc) is 2.94. The van der Waals surface area contributed by atoms with Crippen LogP contribution in [0.5, 0.6) is 0 Å². The minimum Gasteiger partial charge on any atom is -0.338 e. The molecule has 3 amide bonds. The number of nitrogens with zero attached hydrogens (tertiary/aromatic N) is 5. The number of likely N-dealkylation sites (tertiary alicyclic amines) is 1. The van der Waals surface area contributed by atoms with Gasteiger partial charge in [-0.05, 0) is 18.9 Å². The first kappa shape index (κ1) is 16.9. The molecule has 1 aromatic heterocycles. The maximum atomic E-state index is 12.6. The molecule has 3 fully saturated rings. The first-order chi connectivity index (χ1) is 12.6. The molecule has 138 valence electrons. The maximum absolute atomic E-state index is 12.6. The molecular weight excluding hydrogens is 334 g/mol. The van der Waals surface area contributed by atoms with Gasteiger partial charge in [0.1, 0.15) is 6.54 Å². The predicted molar refractivity (Wildman–Crippen MR) is 93.0 cm³/mol. The number of carbonyl (C=O) groups is 3. The number of piperazine rings is 1. The SMILES string of the molecule is O=C(CN1C(=O)[C@@H]2CCCC[C@H]2C1=O)N1CCN(c2ncccn2)CC1. The fourth-order valence-electron chi connectivity index (χ4n) is 4.23. The Labute approximate surface area is 152 Å². The van der Waals surface area contributed by atoms with E-state index in [1.54, 1.807) is 23.4 Å². The van der Waals surface area contributed by atoms with Crippen molar-refractivity contribution in [3.63, 3.8) is 0 Å². The Morgan fingerprint density at radius 3 is 2.12 bits per heavy atom. The van der Waals surface area contributed by atoms with Crippen LogP contribution in [0.4, 0.5) is 5.95 Å². The van der Waals surface area contributed by atoms with Crippen molar-refractivity contribution in [2.75, 3.05) is 37.6 Å². The molecule has 0 radical (unpaired) electrons. The van der Waals surface area contributed by atoms with Crippen molar-refractivity contribution >= 4 is 23.7 Å². The molecule has 2 atom stereocenters. The monoisotopic (exact) mass is 357 g/mol. The van der Waals surface area contributed by atoms with E-state index < -0.39 is 0 Å². The van der Waals surface area contributed by atoms with Crippen molar-refractivity contribution in [2.45, 2.75) is 25.7 Å². The number of aromatic nitrogens is 2. The highest BCUT2D eigenvalue weighted by atomic mass is 16.2. The van der Waals surface area contributed by atoms with Crippen LogP contribution >= 0.6 is 0 Å². The van der Waals surface area contributed by atoms with Gasteiger partial charge >= 0.3 is 0 Å². The molecular formula is C18H23N5O3. The Bertz CT molecular complexity index is 678. The Balaban J connectivity index is 1.34. The zero-order valence-corrected chi connectivity index (χ0v) is 14.7. The van der Waals surface area contributed by atoms with Gasteiger partial charge in [-0.1, -0.05) is 12.8 Å². The van der Waals surface area contributed by atoms with E-state index in [0.717, 1.165) is 25.7 Å². The first-order valence-corrected chi connectivity index (χ1v) is 9.30. The standard InChI is InChI=1S/C18H23N5O3/c24-15(12-23-16(25)13-4-1-2-5-14(13)17(23)26)21-8-10-22(11-9-21)18-19-6-3-7-20-18/h3,6-7,13-14H,1-2,4-5,8-12H2/t13-,14-/m1/s1. The molecule has 2 aliphatic heterocycles. The van der Waals surface area contributed by atoms with Crippen LogP contribution < -0.4 is 4.90 Å². The lowest BCUT2D eigenvalue weighted by molar-refractivity contribution is -0.146. The normalized spacial score (nSPS) is 26.2. The van der Waals surface area contributed by atoms with Gasteiger partial charge in [-0.25, -0.2) is 9.97 Å². The van der Waals surface area contributed by atoms with Crippen LogP contribution in [-0.2, 0) is 14.4 Å². The zero-order chi connectivity index (χ0) is 18.1. The molecule has 0 unspecified atom stereocenters. The summed E-state index contributed by atoms with van der Waals surface area (Å²) in [4.78, 5) is 51.1. The summed E-state index contributed by atoms with van der Waals surface area (Å²) in [6, 6.07) is 1.77. The molecule has 3 heterocycles. The molecule has 26 heavy (non-hydrogen) atoms. The van der Waals surface area contributed by atoms with Crippen LogP contribution in [0.3, 0.4) is 0 Å². The summed E-state index contributed by atoms with van der Waals surface area (Å²) in [6.07, 6.45) is 6.93. The van der Waals surface area contributed by atoms with Gasteiger partial charge in [0, 0.05) is 38.6 Å². The molecule has 1 saturated carbocycles. The summed E-state index contributed by atoms with van der Waals surface area (Å²) in [5, 5.41) is 0. The topological polar surface area (TPSA) is 86.7 Å². The quantitative estimate of drug-likeness (QED) is 0.723. The van der Waals surface area contributed by atoms with Gasteiger partial charge in [0.05, 0.1) is 11.8 Å². The third-order valence-corrected chi connectivity index (χ3v) is 5.69. The minimum atomic E-state index is -0.198. The van der Waals surface area contributed by atoms with E-state index in [2.05, 4.69) is 9.97 Å². The maximum Gasteiger partial charge on any atom is 0.242 e. The van der Waals surface area contributed by atoms with E-state index in [9.17, 15) is 14.4 Å². The van der Waals surface area contributed by atoms with Crippen molar-refractivity contribution in [1.29, 1.82) is 0 Å². The Morgan fingerprint density at radius 2 is 1.54 bits per heavy atom. The second-order valence-electron chi connectivity index (χ2n) is 7.18. The molecule has 0 spiro atoms. The second kappa shape index (κ2) is 7.01. The highest BCUT2D eigenvalue weighted by Crippen LogP contribution is 2.37. The molecule has 1 aromatic rings. The van der Waals surface area contributed by atoms with Gasteiger partial charge in [0.2, 0.25) is 23.7 Å². The fraction of sp³-hybridized carbons (Fsp3) is 0.611. The molecule has 0 bridgehead atoms. The lowest BCUT2D eigenvalue weighted by Crippen LogP contribution is -2.52. The van der Waals surface area contributed by atoms with Gasteiger partial charge < -0.3 is 9.80 Å². The van der Waals surface area contributed by atoms with Gasteiger partial charge in [0.25, 0.3) is 0 Å². The third kappa shape index (κ3) is 3.04. The molecule has 0 N–H and O–H groups in total. The van der Waals surface area contributed by atoms with Gasteiger partial charge in [0.15, 0.2) is 0 Å². The van der Waals surface area contributed by atoms with E-state index in [1.807, 2.05) is 4.90 Å². The first-order valence-electron chi connectivity index (χ1n) is 9.30. The summed E-state index contributed by atoms with van der Waals surface area (Å²) >= 11 is 0. The van der Waals surface area contributed by atoms with Crippen LogP contribution in [0.25, 0.3) is 0 Å². The lowest BCUT2D eigenvalue weighted by Gasteiger charge is -2.35. The van der Waals surface area contributed by atoms with E-state index in [1.165, 1.54) is 4.90 Å². The molecule has 8 nitrogen and oxygen atoms in total. The summed E-state index contributed by atoms with van der Waals surface area (Å²) in [6.45, 7) is 2.25. The van der Waals surface area contributed by atoms with Crippen LogP contribution in [0.2, 0.25) is 0 Å². The van der Waals surface area contributed by atoms with Crippen molar-refractivity contribution in [2.24, 2.45) is 11.8 Å². The molecule has 2 saturated heterocycles. The summed E-state index contributed by atoms with van der Waals surface area (Å²) < 4.78 is 0. The molecule has 3 aliphatic rings. The lowest BCUT2D eigenvalue weighted by atomic mass is 9.81. The minimum absolute atomic E-state index is 0.119. The van der Waals surface area contributed by atoms with Crippen LogP contribution in [-0.4, -0.2) is 70.2 Å². The van der Waals surface area contributed by atoms with E-state index in [0.29, 0.717) is 32.1 Å². The van der Waals surface area contributed by atoms with Gasteiger partial charge in [-0.2, -0.15) is 0 Å². The number of hydrogen-bond donors (Lipinski definition) is 0. The summed E-state index contributed by atoms with van der Waals surface area (Å²) in [5.74, 6) is -0.187. The van der Waals surface area contributed by atoms with Crippen molar-refractivity contribution in [3.05, 3.63) is 18.5 Å². The Kier molecular flexibility index (Phi) is 4.57. The highest BCUT2D eigenvalue weighted by Gasteiger charge is 2.48. The number of hydrogen-bond acceptors (Lipinski definition) is 6. The van der Waals surface area contributed by atoms with Crippen LogP contribution in [0.1, 0.15) is 25.7 Å². The van der Waals surface area contributed by atoms with E-state index in [-0.39, 0.29) is 36.1 Å². The zero-order valence-electron chi connectivity index (χ0n) is 14.7. The molecule has 1 aliphatic carbocycles. The molecule has 8 heteroatoms. The van der Waals surface area contributed by atoms with Crippen LogP contribution in [0, 0.1) is 11.8 Å². The van der Waals surface area contributed by atoms with Gasteiger partial charge in [-0.15, -0.1) is 0 Å². The number of anilines is 1. The summed E-state index contributed by atoms with van der Waals surface area (Å²) in [5.41, 5.74) is 0. The number of rotatable bonds is 3. The number of imide groups is 1. The predicted octanol–water partition coefficient (Wildman–Crippen LogP) is 0.300. The third-order valence-electron chi connectivity index (χ3n) is 5.69. The van der Waals surface area contributed by atoms with E-state index >= 15 is 0 Å². The smallest absolute Gasteiger partial charge is 0.242 e. The molecule has 0 aromatic carbocycles. The Hall–Kier alpha value is -2.51. The van der Waals surface area contributed by atoms with Crippen molar-refractivity contribution < 1.29 is 14.4 Å². The average molecular weight is 357 g/mol. The highest BCUT2D eigenvalue weighted by molar-refractivity contribution is 6.07. The fourth-order valence-corrected chi connectivity index (χ4v) is 4.23. The molecule has 4 rings (SSSR count). The van der Waals surface area contributed by atoms with E-state index in [4.69, 9.17) is 0 Å². The van der Waals surface area contributed by atoms with Gasteiger partial charge in [-0.3, -0.25) is 19.3 Å². The number of amides is 3. The van der Waals surface area contributed by atoms with Crippen LogP contribution in [0.15, 0.2) is 18.5 Å². The summed E-state index contributed by atoms with van der Waals surface area (Å²) in [7, 11) is 0.